The Kier molecular flexibility index (Phi) is 5.74. The van der Waals surface area contributed by atoms with Crippen LogP contribution in [0.4, 0.5) is 0 Å². The molecule has 0 N–H and O–H groups in total. The Morgan fingerprint density at radius 3 is 2.69 bits per heavy atom. The van der Waals surface area contributed by atoms with Crippen molar-refractivity contribution in [3.8, 4) is 5.75 Å². The summed E-state index contributed by atoms with van der Waals surface area (Å²) in [5, 5.41) is 1.83. The van der Waals surface area contributed by atoms with Gasteiger partial charge in [-0.2, -0.15) is 4.99 Å². The molecule has 0 bridgehead atoms. The van der Waals surface area contributed by atoms with Crippen LogP contribution in [-0.4, -0.2) is 30.8 Å². The molecule has 0 unspecified atom stereocenters. The summed E-state index contributed by atoms with van der Waals surface area (Å²) >= 11 is 1.50. The van der Waals surface area contributed by atoms with E-state index in [9.17, 15) is 4.79 Å². The Hall–Kier alpha value is -2.96. The topological polar surface area (TPSA) is 52.8 Å². The van der Waals surface area contributed by atoms with Crippen LogP contribution in [0.3, 0.4) is 0 Å². The molecule has 4 rings (SSSR count). The highest BCUT2D eigenvalue weighted by atomic mass is 32.1. The molecule has 0 aliphatic heterocycles. The molecule has 0 saturated carbocycles. The van der Waals surface area contributed by atoms with Crippen molar-refractivity contribution in [2.45, 2.75) is 13.5 Å². The molecule has 148 valence electrons. The van der Waals surface area contributed by atoms with Crippen molar-refractivity contribution in [3.05, 3.63) is 71.0 Å². The molecule has 5 nitrogen and oxygen atoms in total. The average Bonchev–Trinajstić information content (AvgIpc) is 3.09. The van der Waals surface area contributed by atoms with E-state index < -0.39 is 0 Å². The van der Waals surface area contributed by atoms with E-state index in [4.69, 9.17) is 9.47 Å². The molecule has 1 heterocycles. The van der Waals surface area contributed by atoms with Crippen LogP contribution in [0.1, 0.15) is 17.3 Å². The molecule has 0 spiro atoms. The van der Waals surface area contributed by atoms with Gasteiger partial charge in [0, 0.05) is 13.7 Å². The first-order valence-corrected chi connectivity index (χ1v) is 10.4. The minimum absolute atomic E-state index is 0.303. The van der Waals surface area contributed by atoms with Crippen molar-refractivity contribution in [1.29, 1.82) is 0 Å². The van der Waals surface area contributed by atoms with Gasteiger partial charge in [-0.3, -0.25) is 4.79 Å². The van der Waals surface area contributed by atoms with Crippen LogP contribution in [0.2, 0.25) is 0 Å². The van der Waals surface area contributed by atoms with Crippen LogP contribution < -0.4 is 9.54 Å². The van der Waals surface area contributed by atoms with Gasteiger partial charge in [0.2, 0.25) is 0 Å². The minimum Gasteiger partial charge on any atom is -0.493 e. The summed E-state index contributed by atoms with van der Waals surface area (Å²) in [6.45, 7) is 3.56. The molecule has 0 fully saturated rings. The van der Waals surface area contributed by atoms with Crippen LogP contribution >= 0.6 is 11.3 Å². The quantitative estimate of drug-likeness (QED) is 0.469. The fourth-order valence-corrected chi connectivity index (χ4v) is 4.45. The molecule has 0 saturated heterocycles. The fraction of sp³-hybridized carbons (Fsp3) is 0.217. The molecule has 1 aromatic heterocycles. The number of hydrogen-bond acceptors (Lipinski definition) is 4. The summed E-state index contributed by atoms with van der Waals surface area (Å²) in [5.41, 5.74) is 1.55. The number of ether oxygens (including phenoxy) is 2. The van der Waals surface area contributed by atoms with Crippen LogP contribution in [0.15, 0.2) is 65.7 Å². The fourth-order valence-electron chi connectivity index (χ4n) is 3.40. The summed E-state index contributed by atoms with van der Waals surface area (Å²) in [6, 6.07) is 19.7. The number of benzene rings is 3. The monoisotopic (exact) mass is 406 g/mol. The number of aromatic nitrogens is 1. The second kappa shape index (κ2) is 8.59. The molecular weight excluding hydrogens is 384 g/mol. The Labute approximate surface area is 172 Å². The van der Waals surface area contributed by atoms with Gasteiger partial charge in [-0.15, -0.1) is 0 Å². The molecule has 3 aromatic carbocycles. The first-order chi connectivity index (χ1) is 14.2. The normalized spacial score (nSPS) is 12.0. The average molecular weight is 407 g/mol. The van der Waals surface area contributed by atoms with E-state index >= 15 is 0 Å². The third-order valence-corrected chi connectivity index (χ3v) is 5.77. The minimum atomic E-state index is -0.303. The molecule has 6 heteroatoms. The number of methoxy groups -OCH3 is 1. The van der Waals surface area contributed by atoms with Crippen molar-refractivity contribution in [2.75, 3.05) is 20.3 Å². The molecule has 1 amide bonds. The van der Waals surface area contributed by atoms with Crippen molar-refractivity contribution in [1.82, 2.24) is 4.57 Å². The molecule has 0 atom stereocenters. The van der Waals surface area contributed by atoms with E-state index in [1.54, 1.807) is 7.11 Å². The number of fused-ring (bicyclic) bond motifs is 2. The summed E-state index contributed by atoms with van der Waals surface area (Å²) in [4.78, 5) is 18.5. The summed E-state index contributed by atoms with van der Waals surface area (Å²) in [5.74, 6) is 0.257. The standard InChI is InChI=1S/C23H22N2O3S/c1-3-28-19-13-12-16-8-4-5-9-17(16)21(19)22(26)24-23-25(14-15-27-2)18-10-6-7-11-20(18)29-23/h4-13H,3,14-15H2,1-2H3. The smallest absolute Gasteiger partial charge is 0.284 e. The Morgan fingerprint density at radius 1 is 1.07 bits per heavy atom. The number of rotatable bonds is 6. The Balaban J connectivity index is 1.90. The molecule has 4 aromatic rings. The van der Waals surface area contributed by atoms with Gasteiger partial charge < -0.3 is 14.0 Å². The predicted molar refractivity (Wildman–Crippen MR) is 117 cm³/mol. The number of nitrogens with zero attached hydrogens (tertiary/aromatic N) is 2. The number of para-hydroxylation sites is 1. The maximum Gasteiger partial charge on any atom is 0.284 e. The number of thiazole rings is 1. The Bertz CT molecular complexity index is 1240. The van der Waals surface area contributed by atoms with E-state index in [2.05, 4.69) is 4.99 Å². The lowest BCUT2D eigenvalue weighted by atomic mass is 10.0. The largest absolute Gasteiger partial charge is 0.493 e. The van der Waals surface area contributed by atoms with E-state index in [-0.39, 0.29) is 5.91 Å². The van der Waals surface area contributed by atoms with Gasteiger partial charge in [0.15, 0.2) is 4.80 Å². The lowest BCUT2D eigenvalue weighted by Gasteiger charge is -2.11. The predicted octanol–water partition coefficient (Wildman–Crippen LogP) is 4.64. The number of amides is 1. The van der Waals surface area contributed by atoms with Gasteiger partial charge >= 0.3 is 0 Å². The number of carbonyl (C=O) groups is 1. The van der Waals surface area contributed by atoms with Gasteiger partial charge in [-0.1, -0.05) is 53.8 Å². The van der Waals surface area contributed by atoms with Crippen LogP contribution in [0.25, 0.3) is 21.0 Å². The molecule has 0 aliphatic rings. The maximum atomic E-state index is 13.3. The van der Waals surface area contributed by atoms with Crippen LogP contribution in [0, 0.1) is 0 Å². The van der Waals surface area contributed by atoms with Gasteiger partial charge in [-0.25, -0.2) is 0 Å². The summed E-state index contributed by atoms with van der Waals surface area (Å²) in [6.07, 6.45) is 0. The molecule has 0 radical (unpaired) electrons. The third kappa shape index (κ3) is 3.81. The highest BCUT2D eigenvalue weighted by Gasteiger charge is 2.17. The van der Waals surface area contributed by atoms with Crippen molar-refractivity contribution >= 4 is 38.2 Å². The second-order valence-corrected chi connectivity index (χ2v) is 7.52. The van der Waals surface area contributed by atoms with Gasteiger partial charge in [0.1, 0.15) is 5.75 Å². The van der Waals surface area contributed by atoms with E-state index in [0.717, 1.165) is 21.0 Å². The Morgan fingerprint density at radius 2 is 1.86 bits per heavy atom. The van der Waals surface area contributed by atoms with E-state index in [1.165, 1.54) is 11.3 Å². The molecular formula is C23H22N2O3S. The maximum absolute atomic E-state index is 13.3. The van der Waals surface area contributed by atoms with Crippen molar-refractivity contribution < 1.29 is 14.3 Å². The first kappa shape index (κ1) is 19.4. The van der Waals surface area contributed by atoms with Crippen molar-refractivity contribution in [2.24, 2.45) is 4.99 Å². The lowest BCUT2D eigenvalue weighted by molar-refractivity contribution is 0.0995. The van der Waals surface area contributed by atoms with Crippen LogP contribution in [0.5, 0.6) is 5.75 Å². The molecule has 29 heavy (non-hydrogen) atoms. The number of carbonyl (C=O) groups excluding carboxylic acids is 1. The SMILES string of the molecule is CCOc1ccc2ccccc2c1C(=O)N=c1sc2ccccc2n1CCOC. The third-order valence-electron chi connectivity index (χ3n) is 4.71. The molecule has 0 aliphatic carbocycles. The summed E-state index contributed by atoms with van der Waals surface area (Å²) < 4.78 is 14.1. The summed E-state index contributed by atoms with van der Waals surface area (Å²) in [7, 11) is 1.67. The zero-order chi connectivity index (χ0) is 20.2. The second-order valence-electron chi connectivity index (χ2n) is 6.51. The zero-order valence-electron chi connectivity index (χ0n) is 16.4. The lowest BCUT2D eigenvalue weighted by Crippen LogP contribution is -2.19. The van der Waals surface area contributed by atoms with E-state index in [1.807, 2.05) is 72.2 Å². The first-order valence-electron chi connectivity index (χ1n) is 9.54. The highest BCUT2D eigenvalue weighted by Crippen LogP contribution is 2.29. The number of hydrogen-bond donors (Lipinski definition) is 0. The highest BCUT2D eigenvalue weighted by molar-refractivity contribution is 7.16. The van der Waals surface area contributed by atoms with Crippen LogP contribution in [-0.2, 0) is 11.3 Å². The van der Waals surface area contributed by atoms with Gasteiger partial charge in [0.25, 0.3) is 5.91 Å². The van der Waals surface area contributed by atoms with Crippen molar-refractivity contribution in [3.63, 3.8) is 0 Å². The van der Waals surface area contributed by atoms with Gasteiger partial charge in [-0.05, 0) is 35.9 Å². The zero-order valence-corrected chi connectivity index (χ0v) is 17.2. The van der Waals surface area contributed by atoms with E-state index in [0.29, 0.717) is 35.9 Å². The van der Waals surface area contributed by atoms with Gasteiger partial charge in [0.05, 0.1) is 29.0 Å².